The first-order valence-corrected chi connectivity index (χ1v) is 16.5. The normalized spacial score (nSPS) is 36.9. The lowest BCUT2D eigenvalue weighted by atomic mass is 9.62. The lowest BCUT2D eigenvalue weighted by Gasteiger charge is -2.54. The molecule has 0 saturated carbocycles. The van der Waals surface area contributed by atoms with Gasteiger partial charge in [-0.15, -0.1) is 0 Å². The van der Waals surface area contributed by atoms with Crippen molar-refractivity contribution in [1.82, 2.24) is 0 Å². The molecule has 0 aromatic rings. The molecule has 9 unspecified atom stereocenters. The molecular formula is C35H68O3. The highest BCUT2D eigenvalue weighted by Crippen LogP contribution is 2.56. The molecule has 38 heavy (non-hydrogen) atoms. The van der Waals surface area contributed by atoms with E-state index in [1.54, 1.807) is 0 Å². The second-order valence-electron chi connectivity index (χ2n) is 16.0. The Morgan fingerprint density at radius 3 is 1.34 bits per heavy atom. The van der Waals surface area contributed by atoms with E-state index in [0.29, 0.717) is 71.0 Å². The van der Waals surface area contributed by atoms with E-state index < -0.39 is 5.79 Å². The third-order valence-electron chi connectivity index (χ3n) is 9.90. The average Bonchev–Trinajstić information content (AvgIpc) is 3.06. The van der Waals surface area contributed by atoms with Crippen LogP contribution in [0.4, 0.5) is 0 Å². The topological polar surface area (TPSA) is 27.7 Å². The van der Waals surface area contributed by atoms with Crippen molar-refractivity contribution >= 4 is 0 Å². The lowest BCUT2D eigenvalue weighted by Crippen LogP contribution is -2.58. The van der Waals surface area contributed by atoms with Crippen LogP contribution >= 0.6 is 0 Å². The van der Waals surface area contributed by atoms with Crippen LogP contribution < -0.4 is 0 Å². The maximum Gasteiger partial charge on any atom is 0.177 e. The molecule has 0 amide bonds. The Kier molecular flexibility index (Phi) is 12.3. The fourth-order valence-electron chi connectivity index (χ4n) is 8.61. The highest BCUT2D eigenvalue weighted by molar-refractivity contribution is 5.02. The summed E-state index contributed by atoms with van der Waals surface area (Å²) in [6.45, 7) is 38.0. The van der Waals surface area contributed by atoms with Crippen molar-refractivity contribution in [3.05, 3.63) is 0 Å². The van der Waals surface area contributed by atoms with Crippen LogP contribution in [0.1, 0.15) is 124 Å². The first-order chi connectivity index (χ1) is 17.5. The molecule has 0 aromatic heterocycles. The summed E-state index contributed by atoms with van der Waals surface area (Å²) in [6, 6.07) is 0. The van der Waals surface area contributed by atoms with E-state index >= 15 is 0 Å². The maximum atomic E-state index is 7.52. The summed E-state index contributed by atoms with van der Waals surface area (Å²) in [5.41, 5.74) is 0. The van der Waals surface area contributed by atoms with Gasteiger partial charge in [-0.05, 0) is 72.0 Å². The molecule has 2 saturated heterocycles. The fourth-order valence-corrected chi connectivity index (χ4v) is 8.61. The van der Waals surface area contributed by atoms with Crippen LogP contribution in [0.2, 0.25) is 0 Å². The van der Waals surface area contributed by atoms with Gasteiger partial charge in [-0.2, -0.15) is 0 Å². The predicted molar refractivity (Wildman–Crippen MR) is 163 cm³/mol. The van der Waals surface area contributed by atoms with E-state index in [1.807, 2.05) is 0 Å². The molecule has 2 aliphatic heterocycles. The van der Waals surface area contributed by atoms with Gasteiger partial charge in [0.25, 0.3) is 0 Å². The van der Waals surface area contributed by atoms with E-state index in [-0.39, 0.29) is 24.4 Å². The summed E-state index contributed by atoms with van der Waals surface area (Å²) in [4.78, 5) is 0. The third kappa shape index (κ3) is 7.20. The molecule has 226 valence electrons. The Hall–Kier alpha value is -0.120. The van der Waals surface area contributed by atoms with Crippen LogP contribution in [0.5, 0.6) is 0 Å². The summed E-state index contributed by atoms with van der Waals surface area (Å²) in [6.07, 6.45) is 2.38. The largest absolute Gasteiger partial charge is 0.349 e. The monoisotopic (exact) mass is 537 g/mol. The van der Waals surface area contributed by atoms with E-state index in [2.05, 4.69) is 111 Å². The van der Waals surface area contributed by atoms with Gasteiger partial charge in [-0.25, -0.2) is 0 Å². The molecule has 0 bridgehead atoms. The van der Waals surface area contributed by atoms with Crippen LogP contribution in [0.15, 0.2) is 0 Å². The van der Waals surface area contributed by atoms with E-state index in [9.17, 15) is 0 Å². The second-order valence-corrected chi connectivity index (χ2v) is 16.0. The van der Waals surface area contributed by atoms with E-state index in [4.69, 9.17) is 14.2 Å². The molecule has 0 radical (unpaired) electrons. The minimum Gasteiger partial charge on any atom is -0.349 e. The van der Waals surface area contributed by atoms with Gasteiger partial charge in [0, 0.05) is 17.8 Å². The Labute approximate surface area is 238 Å². The summed E-state index contributed by atoms with van der Waals surface area (Å²) in [5.74, 6) is 5.74. The van der Waals surface area contributed by atoms with Crippen molar-refractivity contribution < 1.29 is 14.2 Å². The van der Waals surface area contributed by atoms with Crippen LogP contribution in [0.3, 0.4) is 0 Å². The lowest BCUT2D eigenvalue weighted by molar-refractivity contribution is -0.380. The average molecular weight is 537 g/mol. The van der Waals surface area contributed by atoms with Gasteiger partial charge >= 0.3 is 0 Å². The van der Waals surface area contributed by atoms with Crippen LogP contribution in [0.25, 0.3) is 0 Å². The van der Waals surface area contributed by atoms with Gasteiger partial charge in [-0.1, -0.05) is 111 Å². The summed E-state index contributed by atoms with van der Waals surface area (Å²) < 4.78 is 22.0. The van der Waals surface area contributed by atoms with Gasteiger partial charge in [0.2, 0.25) is 0 Å². The number of rotatable bonds is 12. The zero-order valence-corrected chi connectivity index (χ0v) is 28.4. The summed E-state index contributed by atoms with van der Waals surface area (Å²) in [5, 5.41) is 0. The smallest absolute Gasteiger partial charge is 0.177 e. The fraction of sp³-hybridized carbons (Fsp3) is 1.00. The molecule has 0 aliphatic carbocycles. The van der Waals surface area contributed by atoms with Crippen molar-refractivity contribution in [2.75, 3.05) is 0 Å². The highest BCUT2D eigenvalue weighted by Gasteiger charge is 2.61. The van der Waals surface area contributed by atoms with E-state index in [0.717, 1.165) is 12.8 Å². The standard InChI is InChI=1S/C35H68O3/c1-19(2)17-27-29(21(5)6)31(23(9)10)32(24(11)12)34(36-27)38-35(26(15)16)33(25(13)14)30(22(7)8)28(37-35)18-20(3)4/h19-34H,17-18H2,1-16H3. The molecule has 0 aromatic carbocycles. The zero-order chi connectivity index (χ0) is 29.3. The van der Waals surface area contributed by atoms with Crippen molar-refractivity contribution in [2.45, 2.75) is 148 Å². The molecule has 2 rings (SSSR count). The molecule has 0 N–H and O–H groups in total. The number of hydrogen-bond acceptors (Lipinski definition) is 3. The predicted octanol–water partition coefficient (Wildman–Crippen LogP) is 9.93. The Morgan fingerprint density at radius 2 is 0.974 bits per heavy atom. The van der Waals surface area contributed by atoms with Crippen molar-refractivity contribution in [3.63, 3.8) is 0 Å². The van der Waals surface area contributed by atoms with Gasteiger partial charge in [0.15, 0.2) is 12.1 Å². The van der Waals surface area contributed by atoms with Gasteiger partial charge < -0.3 is 14.2 Å². The first-order valence-electron chi connectivity index (χ1n) is 16.5. The van der Waals surface area contributed by atoms with Gasteiger partial charge in [0.05, 0.1) is 12.2 Å². The zero-order valence-electron chi connectivity index (χ0n) is 28.4. The van der Waals surface area contributed by atoms with Crippen molar-refractivity contribution in [1.29, 1.82) is 0 Å². The molecular weight excluding hydrogens is 468 g/mol. The van der Waals surface area contributed by atoms with Crippen molar-refractivity contribution in [2.24, 2.45) is 76.9 Å². The molecule has 0 spiro atoms. The number of ether oxygens (including phenoxy) is 3. The number of hydrogen-bond donors (Lipinski definition) is 0. The molecule has 3 heteroatoms. The van der Waals surface area contributed by atoms with Crippen molar-refractivity contribution in [3.8, 4) is 0 Å². The molecule has 9 atom stereocenters. The minimum atomic E-state index is -0.630. The Bertz CT molecular complexity index is 693. The summed E-state index contributed by atoms with van der Waals surface area (Å²) >= 11 is 0. The van der Waals surface area contributed by atoms with Gasteiger partial charge in [0.1, 0.15) is 0 Å². The molecule has 2 aliphatic rings. The Morgan fingerprint density at radius 1 is 0.526 bits per heavy atom. The molecule has 3 nitrogen and oxygen atoms in total. The molecule has 2 heterocycles. The second kappa shape index (κ2) is 13.7. The highest BCUT2D eigenvalue weighted by atomic mass is 16.8. The van der Waals surface area contributed by atoms with E-state index in [1.165, 1.54) is 0 Å². The SMILES string of the molecule is CC(C)CC1OC(OC2(C(C)C)OC(CC(C)C)C(C(C)C)C2C(C)C)C(C(C)C)C(C(C)C)C1C(C)C. The minimum absolute atomic E-state index is 0.220. The third-order valence-corrected chi connectivity index (χ3v) is 9.90. The quantitative estimate of drug-likeness (QED) is 0.248. The maximum absolute atomic E-state index is 7.52. The van der Waals surface area contributed by atoms with Crippen LogP contribution in [-0.4, -0.2) is 24.3 Å². The van der Waals surface area contributed by atoms with Crippen LogP contribution in [-0.2, 0) is 14.2 Å². The summed E-state index contributed by atoms with van der Waals surface area (Å²) in [7, 11) is 0. The Balaban J connectivity index is 2.66. The first kappa shape index (κ1) is 34.1. The molecule has 2 fully saturated rings. The van der Waals surface area contributed by atoms with Crippen LogP contribution in [0, 0.1) is 76.9 Å². The van der Waals surface area contributed by atoms with Gasteiger partial charge in [-0.3, -0.25) is 0 Å².